The maximum Gasteiger partial charge on any atom is 0.00642 e. The van der Waals surface area contributed by atoms with E-state index in [1.165, 1.54) is 51.4 Å². The molecule has 0 rings (SSSR count). The minimum atomic E-state index is 0.483. The minimum absolute atomic E-state index is 0.483. The van der Waals surface area contributed by atoms with Gasteiger partial charge in [-0.05, 0) is 31.7 Å². The number of hydrogen-bond acceptors (Lipinski definition) is 1. The molecule has 0 heterocycles. The van der Waals surface area contributed by atoms with Crippen molar-refractivity contribution in [3.63, 3.8) is 0 Å². The molecule has 16 heavy (non-hydrogen) atoms. The Hall–Kier alpha value is -0.0400. The van der Waals surface area contributed by atoms with Crippen LogP contribution in [-0.2, 0) is 0 Å². The summed E-state index contributed by atoms with van der Waals surface area (Å²) in [6.45, 7) is 9.28. The standard InChI is InChI=1S/C15H33N/c1-6-7-8-9-10-11-14(16-5)12-13-15(2,3)4/h14,16H,6-13H2,1-5H3. The van der Waals surface area contributed by atoms with E-state index in [1.54, 1.807) is 0 Å². The first-order valence-electron chi connectivity index (χ1n) is 7.17. The molecule has 0 amide bonds. The highest BCUT2D eigenvalue weighted by Gasteiger charge is 2.13. The van der Waals surface area contributed by atoms with E-state index in [0.29, 0.717) is 5.41 Å². The third-order valence-electron chi connectivity index (χ3n) is 3.31. The van der Waals surface area contributed by atoms with E-state index in [2.05, 4.69) is 40.1 Å². The third-order valence-corrected chi connectivity index (χ3v) is 3.31. The molecule has 0 aliphatic carbocycles. The quantitative estimate of drug-likeness (QED) is 0.560. The highest BCUT2D eigenvalue weighted by atomic mass is 14.9. The van der Waals surface area contributed by atoms with Gasteiger partial charge in [-0.1, -0.05) is 59.8 Å². The van der Waals surface area contributed by atoms with Crippen LogP contribution in [0.2, 0.25) is 0 Å². The van der Waals surface area contributed by atoms with Crippen LogP contribution < -0.4 is 5.32 Å². The first-order chi connectivity index (χ1) is 7.49. The van der Waals surface area contributed by atoms with Gasteiger partial charge < -0.3 is 5.32 Å². The van der Waals surface area contributed by atoms with Crippen LogP contribution in [0.3, 0.4) is 0 Å². The lowest BCUT2D eigenvalue weighted by Crippen LogP contribution is -2.26. The van der Waals surface area contributed by atoms with Crippen LogP contribution in [0, 0.1) is 5.41 Å². The van der Waals surface area contributed by atoms with Crippen LogP contribution in [-0.4, -0.2) is 13.1 Å². The van der Waals surface area contributed by atoms with Crippen molar-refractivity contribution >= 4 is 0 Å². The average molecular weight is 227 g/mol. The minimum Gasteiger partial charge on any atom is -0.317 e. The number of rotatable bonds is 9. The van der Waals surface area contributed by atoms with Gasteiger partial charge >= 0.3 is 0 Å². The van der Waals surface area contributed by atoms with Gasteiger partial charge in [0.1, 0.15) is 0 Å². The van der Waals surface area contributed by atoms with Crippen molar-refractivity contribution in [1.29, 1.82) is 0 Å². The summed E-state index contributed by atoms with van der Waals surface area (Å²) in [5.41, 5.74) is 0.483. The molecule has 0 aliphatic heterocycles. The molecule has 1 heteroatoms. The molecule has 1 N–H and O–H groups in total. The van der Waals surface area contributed by atoms with Crippen LogP contribution in [0.25, 0.3) is 0 Å². The fourth-order valence-corrected chi connectivity index (χ4v) is 2.03. The summed E-state index contributed by atoms with van der Waals surface area (Å²) in [6, 6.07) is 0.737. The lowest BCUT2D eigenvalue weighted by Gasteiger charge is -2.23. The van der Waals surface area contributed by atoms with Gasteiger partial charge in [-0.15, -0.1) is 0 Å². The Balaban J connectivity index is 3.52. The number of unbranched alkanes of at least 4 members (excludes halogenated alkanes) is 4. The highest BCUT2D eigenvalue weighted by Crippen LogP contribution is 2.23. The van der Waals surface area contributed by atoms with Crippen molar-refractivity contribution in [2.75, 3.05) is 7.05 Å². The van der Waals surface area contributed by atoms with Gasteiger partial charge in [-0.2, -0.15) is 0 Å². The number of hydrogen-bond donors (Lipinski definition) is 1. The van der Waals surface area contributed by atoms with Gasteiger partial charge in [0.25, 0.3) is 0 Å². The normalized spacial score (nSPS) is 14.1. The first-order valence-corrected chi connectivity index (χ1v) is 7.17. The molecular formula is C15H33N. The summed E-state index contributed by atoms with van der Waals surface area (Å²) >= 11 is 0. The van der Waals surface area contributed by atoms with E-state index in [0.717, 1.165) is 6.04 Å². The second-order valence-corrected chi connectivity index (χ2v) is 6.29. The molecular weight excluding hydrogens is 194 g/mol. The molecule has 0 aromatic heterocycles. The molecule has 0 aromatic rings. The lowest BCUT2D eigenvalue weighted by molar-refractivity contribution is 0.325. The largest absolute Gasteiger partial charge is 0.317 e. The van der Waals surface area contributed by atoms with Crippen molar-refractivity contribution < 1.29 is 0 Å². The summed E-state index contributed by atoms with van der Waals surface area (Å²) in [5.74, 6) is 0. The molecule has 98 valence electrons. The van der Waals surface area contributed by atoms with E-state index in [-0.39, 0.29) is 0 Å². The van der Waals surface area contributed by atoms with Crippen LogP contribution in [0.5, 0.6) is 0 Å². The fourth-order valence-electron chi connectivity index (χ4n) is 2.03. The van der Waals surface area contributed by atoms with Crippen molar-refractivity contribution in [2.24, 2.45) is 5.41 Å². The molecule has 0 saturated heterocycles. The van der Waals surface area contributed by atoms with Gasteiger partial charge in [-0.3, -0.25) is 0 Å². The maximum absolute atomic E-state index is 3.47. The Morgan fingerprint density at radius 1 is 0.938 bits per heavy atom. The Morgan fingerprint density at radius 3 is 2.06 bits per heavy atom. The Morgan fingerprint density at radius 2 is 1.56 bits per heavy atom. The van der Waals surface area contributed by atoms with E-state index in [9.17, 15) is 0 Å². The van der Waals surface area contributed by atoms with E-state index >= 15 is 0 Å². The molecule has 1 unspecified atom stereocenters. The van der Waals surface area contributed by atoms with Gasteiger partial charge in [-0.25, -0.2) is 0 Å². The molecule has 0 aliphatic rings. The first kappa shape index (κ1) is 16.0. The molecule has 0 aromatic carbocycles. The van der Waals surface area contributed by atoms with Gasteiger partial charge in [0.15, 0.2) is 0 Å². The van der Waals surface area contributed by atoms with Crippen molar-refractivity contribution in [1.82, 2.24) is 5.32 Å². The molecule has 0 saturated carbocycles. The Labute approximate surface area is 103 Å². The van der Waals surface area contributed by atoms with Crippen LogP contribution in [0.4, 0.5) is 0 Å². The van der Waals surface area contributed by atoms with Gasteiger partial charge in [0.2, 0.25) is 0 Å². The smallest absolute Gasteiger partial charge is 0.00642 e. The fraction of sp³-hybridized carbons (Fsp3) is 1.00. The van der Waals surface area contributed by atoms with Crippen molar-refractivity contribution in [3.05, 3.63) is 0 Å². The van der Waals surface area contributed by atoms with Crippen LogP contribution in [0.1, 0.15) is 79.1 Å². The number of nitrogens with one attached hydrogen (secondary N) is 1. The monoisotopic (exact) mass is 227 g/mol. The van der Waals surface area contributed by atoms with E-state index < -0.39 is 0 Å². The molecule has 0 radical (unpaired) electrons. The topological polar surface area (TPSA) is 12.0 Å². The summed E-state index contributed by atoms with van der Waals surface area (Å²) in [7, 11) is 2.11. The maximum atomic E-state index is 3.47. The Kier molecular flexibility index (Phi) is 9.02. The van der Waals surface area contributed by atoms with Crippen molar-refractivity contribution in [3.8, 4) is 0 Å². The van der Waals surface area contributed by atoms with E-state index in [4.69, 9.17) is 0 Å². The molecule has 0 bridgehead atoms. The third kappa shape index (κ3) is 10.5. The lowest BCUT2D eigenvalue weighted by atomic mass is 9.87. The summed E-state index contributed by atoms with van der Waals surface area (Å²) < 4.78 is 0. The van der Waals surface area contributed by atoms with Gasteiger partial charge in [0, 0.05) is 6.04 Å². The van der Waals surface area contributed by atoms with Crippen molar-refractivity contribution in [2.45, 2.75) is 85.1 Å². The zero-order valence-electron chi connectivity index (χ0n) is 12.2. The van der Waals surface area contributed by atoms with Crippen LogP contribution in [0.15, 0.2) is 0 Å². The summed E-state index contributed by atoms with van der Waals surface area (Å²) in [4.78, 5) is 0. The molecule has 1 nitrogen and oxygen atoms in total. The second-order valence-electron chi connectivity index (χ2n) is 6.29. The Bertz CT molecular complexity index is 146. The van der Waals surface area contributed by atoms with Crippen LogP contribution >= 0.6 is 0 Å². The second kappa shape index (κ2) is 9.04. The molecule has 0 fully saturated rings. The predicted molar refractivity (Wildman–Crippen MR) is 74.9 cm³/mol. The average Bonchev–Trinajstić information content (AvgIpc) is 2.21. The zero-order chi connectivity index (χ0) is 12.4. The summed E-state index contributed by atoms with van der Waals surface area (Å²) in [6.07, 6.45) is 11.0. The predicted octanol–water partition coefficient (Wildman–Crippen LogP) is 4.76. The molecule has 1 atom stereocenters. The zero-order valence-corrected chi connectivity index (χ0v) is 12.2. The summed E-state index contributed by atoms with van der Waals surface area (Å²) in [5, 5.41) is 3.47. The van der Waals surface area contributed by atoms with Gasteiger partial charge in [0.05, 0.1) is 0 Å². The van der Waals surface area contributed by atoms with E-state index in [1.807, 2.05) is 0 Å². The SMILES string of the molecule is CCCCCCCC(CCC(C)(C)C)NC. The molecule has 0 spiro atoms. The highest BCUT2D eigenvalue weighted by molar-refractivity contribution is 4.70.